The summed E-state index contributed by atoms with van der Waals surface area (Å²) in [5.74, 6) is 0. The van der Waals surface area contributed by atoms with Crippen molar-refractivity contribution in [2.75, 3.05) is 0 Å². The fourth-order valence-corrected chi connectivity index (χ4v) is 4.60. The fraction of sp³-hybridized carbons (Fsp3) is 0.0400. The average Bonchev–Trinajstić information content (AvgIpc) is 3.52. The minimum absolute atomic E-state index is 0.830. The first kappa shape index (κ1) is 17.2. The van der Waals surface area contributed by atoms with Crippen molar-refractivity contribution < 1.29 is 0 Å². The predicted molar refractivity (Wildman–Crippen MR) is 123 cm³/mol. The highest BCUT2D eigenvalue weighted by atomic mass is 32.1. The Hall–Kier alpha value is -3.70. The summed E-state index contributed by atoms with van der Waals surface area (Å²) in [6.45, 7) is 0.830. The Labute approximate surface area is 177 Å². The number of hydrogen-bond donors (Lipinski definition) is 0. The normalized spacial score (nSPS) is 11.5. The van der Waals surface area contributed by atoms with Crippen LogP contribution in [-0.4, -0.2) is 19.1 Å². The Morgan fingerprint density at radius 2 is 1.70 bits per heavy atom. The first-order chi connectivity index (χ1) is 14.8. The zero-order valence-corrected chi connectivity index (χ0v) is 17.0. The van der Waals surface area contributed by atoms with Crippen molar-refractivity contribution in [1.29, 1.82) is 0 Å². The highest BCUT2D eigenvalue weighted by Gasteiger charge is 2.08. The maximum absolute atomic E-state index is 4.67. The van der Waals surface area contributed by atoms with E-state index in [1.54, 1.807) is 11.3 Å². The number of fused-ring (bicyclic) bond motifs is 2. The molecule has 3 aromatic carbocycles. The Morgan fingerprint density at radius 3 is 2.50 bits per heavy atom. The van der Waals surface area contributed by atoms with E-state index in [9.17, 15) is 0 Å². The van der Waals surface area contributed by atoms with Crippen LogP contribution in [0.3, 0.4) is 0 Å². The van der Waals surface area contributed by atoms with Gasteiger partial charge in [-0.3, -0.25) is 4.57 Å². The van der Waals surface area contributed by atoms with E-state index < -0.39 is 0 Å². The monoisotopic (exact) mass is 406 g/mol. The minimum Gasteiger partial charge on any atom is -0.349 e. The average molecular weight is 407 g/mol. The molecule has 3 aromatic heterocycles. The summed E-state index contributed by atoms with van der Waals surface area (Å²) < 4.78 is 4.38. The summed E-state index contributed by atoms with van der Waals surface area (Å²) in [6, 6.07) is 23.4. The van der Waals surface area contributed by atoms with Crippen molar-refractivity contribution in [3.8, 4) is 16.3 Å². The van der Waals surface area contributed by atoms with Gasteiger partial charge in [-0.15, -0.1) is 11.3 Å². The van der Waals surface area contributed by atoms with E-state index in [-0.39, 0.29) is 0 Å². The number of imidazole rings is 1. The Kier molecular flexibility index (Phi) is 3.99. The van der Waals surface area contributed by atoms with Crippen LogP contribution in [0.4, 0.5) is 0 Å². The van der Waals surface area contributed by atoms with E-state index in [0.29, 0.717) is 0 Å². The van der Waals surface area contributed by atoms with E-state index in [4.69, 9.17) is 0 Å². The SMILES string of the molecule is c1cc(-c2nccs2)cc(-n2cnc3cc(Cn4cc5ccccc5c4)ccc32)c1. The van der Waals surface area contributed by atoms with Gasteiger partial charge < -0.3 is 4.57 Å². The van der Waals surface area contributed by atoms with E-state index in [2.05, 4.69) is 98.2 Å². The van der Waals surface area contributed by atoms with Crippen LogP contribution < -0.4 is 0 Å². The zero-order chi connectivity index (χ0) is 19.9. The van der Waals surface area contributed by atoms with Gasteiger partial charge in [0, 0.05) is 41.8 Å². The van der Waals surface area contributed by atoms with E-state index in [0.717, 1.165) is 33.8 Å². The topological polar surface area (TPSA) is 35.6 Å². The molecule has 0 spiro atoms. The van der Waals surface area contributed by atoms with Crippen molar-refractivity contribution in [1.82, 2.24) is 19.1 Å². The van der Waals surface area contributed by atoms with Gasteiger partial charge in [0.2, 0.25) is 0 Å². The van der Waals surface area contributed by atoms with Crippen LogP contribution in [0.25, 0.3) is 38.1 Å². The second-order valence-corrected chi connectivity index (χ2v) is 8.28. The smallest absolute Gasteiger partial charge is 0.123 e. The van der Waals surface area contributed by atoms with Gasteiger partial charge in [0.25, 0.3) is 0 Å². The van der Waals surface area contributed by atoms with Crippen molar-refractivity contribution in [3.63, 3.8) is 0 Å². The van der Waals surface area contributed by atoms with Crippen LogP contribution in [0.5, 0.6) is 0 Å². The lowest BCUT2D eigenvalue weighted by Crippen LogP contribution is -1.96. The van der Waals surface area contributed by atoms with Crippen LogP contribution >= 0.6 is 11.3 Å². The highest BCUT2D eigenvalue weighted by Crippen LogP contribution is 2.26. The Bertz CT molecular complexity index is 1440. The van der Waals surface area contributed by atoms with Gasteiger partial charge in [0.1, 0.15) is 11.3 Å². The molecule has 144 valence electrons. The minimum atomic E-state index is 0.830. The number of thiazole rings is 1. The highest BCUT2D eigenvalue weighted by molar-refractivity contribution is 7.13. The molecule has 0 N–H and O–H groups in total. The van der Waals surface area contributed by atoms with Crippen LogP contribution in [0.2, 0.25) is 0 Å². The number of rotatable bonds is 4. The quantitative estimate of drug-likeness (QED) is 0.352. The number of aromatic nitrogens is 4. The molecule has 0 saturated carbocycles. The molecular formula is C25H18N4S. The van der Waals surface area contributed by atoms with Gasteiger partial charge in [0.05, 0.1) is 11.0 Å². The summed E-state index contributed by atoms with van der Waals surface area (Å²) in [7, 11) is 0. The van der Waals surface area contributed by atoms with Gasteiger partial charge >= 0.3 is 0 Å². The summed E-state index contributed by atoms with van der Waals surface area (Å²) in [6.07, 6.45) is 8.14. The van der Waals surface area contributed by atoms with Gasteiger partial charge in [-0.1, -0.05) is 42.5 Å². The Balaban J connectivity index is 1.34. The van der Waals surface area contributed by atoms with E-state index in [1.165, 1.54) is 16.3 Å². The molecule has 0 aliphatic heterocycles. The number of hydrogen-bond acceptors (Lipinski definition) is 3. The molecule has 0 bridgehead atoms. The number of nitrogens with zero attached hydrogens (tertiary/aromatic N) is 4. The molecule has 30 heavy (non-hydrogen) atoms. The van der Waals surface area contributed by atoms with Crippen molar-refractivity contribution in [3.05, 3.63) is 103 Å². The van der Waals surface area contributed by atoms with Gasteiger partial charge in [-0.05, 0) is 40.6 Å². The molecule has 6 aromatic rings. The molecule has 0 saturated heterocycles. The first-order valence-electron chi connectivity index (χ1n) is 9.84. The van der Waals surface area contributed by atoms with Crippen molar-refractivity contribution in [2.24, 2.45) is 0 Å². The molecule has 0 amide bonds. The molecule has 0 aliphatic carbocycles. The third-order valence-electron chi connectivity index (χ3n) is 5.39. The van der Waals surface area contributed by atoms with Crippen LogP contribution in [-0.2, 0) is 6.54 Å². The lowest BCUT2D eigenvalue weighted by molar-refractivity contribution is 0.811. The molecule has 0 atom stereocenters. The van der Waals surface area contributed by atoms with Crippen LogP contribution in [0.1, 0.15) is 5.56 Å². The van der Waals surface area contributed by atoms with E-state index in [1.807, 2.05) is 17.9 Å². The zero-order valence-electron chi connectivity index (χ0n) is 16.1. The lowest BCUT2D eigenvalue weighted by atomic mass is 10.1. The van der Waals surface area contributed by atoms with Gasteiger partial charge in [-0.2, -0.15) is 0 Å². The first-order valence-corrected chi connectivity index (χ1v) is 10.7. The third kappa shape index (κ3) is 3.00. The second kappa shape index (κ2) is 6.97. The largest absolute Gasteiger partial charge is 0.349 e. The summed E-state index contributed by atoms with van der Waals surface area (Å²) >= 11 is 1.65. The molecular weight excluding hydrogens is 388 g/mol. The number of benzene rings is 3. The molecule has 0 fully saturated rings. The summed E-state index contributed by atoms with van der Waals surface area (Å²) in [5.41, 5.74) is 5.57. The molecule has 0 aliphatic rings. The van der Waals surface area contributed by atoms with Crippen molar-refractivity contribution in [2.45, 2.75) is 6.54 Å². The third-order valence-corrected chi connectivity index (χ3v) is 6.21. The Morgan fingerprint density at radius 1 is 0.833 bits per heavy atom. The fourth-order valence-electron chi connectivity index (χ4n) is 3.96. The van der Waals surface area contributed by atoms with Crippen LogP contribution in [0, 0.1) is 0 Å². The summed E-state index contributed by atoms with van der Waals surface area (Å²) in [4.78, 5) is 9.10. The lowest BCUT2D eigenvalue weighted by Gasteiger charge is -2.07. The van der Waals surface area contributed by atoms with Gasteiger partial charge in [-0.25, -0.2) is 9.97 Å². The summed E-state index contributed by atoms with van der Waals surface area (Å²) in [5, 5.41) is 5.57. The molecule has 6 rings (SSSR count). The predicted octanol–water partition coefficient (Wildman–Crippen LogP) is 6.15. The van der Waals surface area contributed by atoms with Crippen molar-refractivity contribution >= 4 is 33.1 Å². The maximum Gasteiger partial charge on any atom is 0.123 e. The molecule has 3 heterocycles. The molecule has 0 unspecified atom stereocenters. The molecule has 4 nitrogen and oxygen atoms in total. The second-order valence-electron chi connectivity index (χ2n) is 7.38. The maximum atomic E-state index is 4.67. The van der Waals surface area contributed by atoms with Crippen LogP contribution in [0.15, 0.2) is 97.0 Å². The standard InChI is InChI=1S/C25H18N4S/c1-2-5-21-16-28(15-20(21)4-1)14-18-8-9-24-23(12-18)27-17-29(24)22-7-3-6-19(13-22)25-26-10-11-30-25/h1-13,15-17H,14H2. The van der Waals surface area contributed by atoms with Gasteiger partial charge in [0.15, 0.2) is 0 Å². The molecule has 0 radical (unpaired) electrons. The molecule has 5 heteroatoms. The van der Waals surface area contributed by atoms with E-state index >= 15 is 0 Å².